The van der Waals surface area contributed by atoms with Gasteiger partial charge in [0.1, 0.15) is 0 Å². The molecule has 0 atom stereocenters. The van der Waals surface area contributed by atoms with Gasteiger partial charge in [-0.05, 0) is 0 Å². The van der Waals surface area contributed by atoms with Crippen LogP contribution in [-0.4, -0.2) is 52.8 Å². The normalized spacial score (nSPS) is 0. The first-order valence-corrected chi connectivity index (χ1v) is 0. The molecule has 0 amide bonds. The molecule has 0 aliphatic carbocycles. The van der Waals surface area contributed by atoms with Crippen molar-refractivity contribution in [1.82, 2.24) is 0 Å². The van der Waals surface area contributed by atoms with Gasteiger partial charge in [0.2, 0.25) is 0 Å². The molecule has 0 N–H and O–H groups in total. The van der Waals surface area contributed by atoms with Gasteiger partial charge in [0.25, 0.3) is 0 Å². The largest absolute Gasteiger partial charge is 0 e. The first kappa shape index (κ1) is 86.3. The first-order chi connectivity index (χ1) is 0. The molecule has 0 spiro atoms. The average Bonchev–Trinajstić information content (AvgIpc) is 0. The van der Waals surface area contributed by atoms with Crippen molar-refractivity contribution in [2.24, 2.45) is 0 Å². The Morgan fingerprint density at radius 3 is 0.250 bits per heavy atom. The first-order valence-electron chi connectivity index (χ1n) is 0. The van der Waals surface area contributed by atoms with E-state index < -0.39 is 0 Å². The van der Waals surface area contributed by atoms with Crippen LogP contribution in [0, 0.1) is 0 Å². The number of hydrogen-bond donors (Lipinski definition) is 0. The molecule has 0 unspecified atom stereocenters. The third-order valence-electron chi connectivity index (χ3n) is 0. The fourth-order valence-corrected chi connectivity index (χ4v) is 0. The zero-order chi connectivity index (χ0) is 0. The van der Waals surface area contributed by atoms with Crippen LogP contribution in [0.3, 0.4) is 0 Å². The molecular formula is H12Ge3Mn5. The summed E-state index contributed by atoms with van der Waals surface area (Å²) in [5.74, 6) is 0. The minimum Gasteiger partial charge on any atom is 0 e. The van der Waals surface area contributed by atoms with Crippen molar-refractivity contribution in [1.29, 1.82) is 0 Å². The SMILES string of the molecule is [GeH4].[GeH4].[GeH4].[Mn].[Mn].[Mn].[Mn].[Mn]. The maximum absolute atomic E-state index is 0. The molecule has 0 nitrogen and oxygen atoms in total. The second-order valence-electron chi connectivity index (χ2n) is 0. The molecule has 0 aromatic heterocycles. The van der Waals surface area contributed by atoms with Crippen molar-refractivity contribution in [3.8, 4) is 0 Å². The van der Waals surface area contributed by atoms with Crippen LogP contribution in [0.2, 0.25) is 0 Å². The standard InChI is InChI=1S/3GeH4.5Mn/h3*1H4;;;;;. The van der Waals surface area contributed by atoms with Crippen LogP contribution in [0.15, 0.2) is 0 Å². The van der Waals surface area contributed by atoms with Gasteiger partial charge < -0.3 is 0 Å². The van der Waals surface area contributed by atoms with Crippen molar-refractivity contribution in [3.05, 3.63) is 0 Å². The van der Waals surface area contributed by atoms with Crippen LogP contribution in [0.5, 0.6) is 0 Å². The van der Waals surface area contributed by atoms with E-state index in [0.717, 1.165) is 0 Å². The van der Waals surface area contributed by atoms with Crippen molar-refractivity contribution in [3.63, 3.8) is 0 Å². The summed E-state index contributed by atoms with van der Waals surface area (Å²) in [6.07, 6.45) is 0. The summed E-state index contributed by atoms with van der Waals surface area (Å²) < 4.78 is 0. The van der Waals surface area contributed by atoms with Gasteiger partial charge >= 0.3 is 52.8 Å². The smallest absolute Gasteiger partial charge is 0 e. The van der Waals surface area contributed by atoms with E-state index in [9.17, 15) is 0 Å². The molecule has 0 heterocycles. The van der Waals surface area contributed by atoms with Crippen LogP contribution in [0.4, 0.5) is 0 Å². The molecule has 59 valence electrons. The minimum absolute atomic E-state index is 0. The summed E-state index contributed by atoms with van der Waals surface area (Å²) in [6.45, 7) is 0. The Balaban J connectivity index is 0. The van der Waals surface area contributed by atoms with E-state index in [2.05, 4.69) is 0 Å². The number of hydrogen-bond acceptors (Lipinski definition) is 0. The predicted octanol–water partition coefficient (Wildman–Crippen LogP) is -4.37. The van der Waals surface area contributed by atoms with E-state index in [1.807, 2.05) is 0 Å². The van der Waals surface area contributed by atoms with Gasteiger partial charge in [-0.3, -0.25) is 0 Å². The van der Waals surface area contributed by atoms with Crippen LogP contribution < -0.4 is 0 Å². The molecule has 8 heavy (non-hydrogen) atoms. The molecule has 8 heteroatoms. The summed E-state index contributed by atoms with van der Waals surface area (Å²) in [5.41, 5.74) is 0. The van der Waals surface area contributed by atoms with E-state index in [4.69, 9.17) is 0 Å². The van der Waals surface area contributed by atoms with Crippen LogP contribution in [-0.2, 0) is 85.3 Å². The summed E-state index contributed by atoms with van der Waals surface area (Å²) in [6, 6.07) is 0. The Kier molecular flexibility index (Phi) is 709. The van der Waals surface area contributed by atoms with Gasteiger partial charge in [-0.2, -0.15) is 0 Å². The van der Waals surface area contributed by atoms with Crippen molar-refractivity contribution in [2.75, 3.05) is 0 Å². The molecule has 0 rings (SSSR count). The third kappa shape index (κ3) is 48.7. The summed E-state index contributed by atoms with van der Waals surface area (Å²) in [4.78, 5) is 0. The molecule has 0 saturated carbocycles. The Morgan fingerprint density at radius 2 is 0.250 bits per heavy atom. The minimum atomic E-state index is 0. The van der Waals surface area contributed by atoms with E-state index in [-0.39, 0.29) is 138 Å². The molecule has 5 radical (unpaired) electrons. The maximum Gasteiger partial charge on any atom is 0 e. The third-order valence-corrected chi connectivity index (χ3v) is 0. The molecule has 0 aliphatic heterocycles. The molecule has 0 fully saturated rings. The van der Waals surface area contributed by atoms with Crippen molar-refractivity contribution < 1.29 is 85.3 Å². The van der Waals surface area contributed by atoms with Crippen molar-refractivity contribution in [2.45, 2.75) is 0 Å². The molecule has 0 aromatic rings. The summed E-state index contributed by atoms with van der Waals surface area (Å²) >= 11 is 0. The van der Waals surface area contributed by atoms with Gasteiger partial charge in [-0.1, -0.05) is 0 Å². The second kappa shape index (κ2) is 65.7. The summed E-state index contributed by atoms with van der Waals surface area (Å²) in [7, 11) is 0. The quantitative estimate of drug-likeness (QED) is 0.293. The number of rotatable bonds is 0. The Hall–Kier alpha value is 4.23. The van der Waals surface area contributed by atoms with Gasteiger partial charge in [0.05, 0.1) is 0 Å². The summed E-state index contributed by atoms with van der Waals surface area (Å²) in [5, 5.41) is 0. The van der Waals surface area contributed by atoms with E-state index >= 15 is 0 Å². The fourth-order valence-electron chi connectivity index (χ4n) is 0. The molecule has 0 saturated heterocycles. The molecule has 0 aliphatic rings. The average molecular weight is 505 g/mol. The van der Waals surface area contributed by atoms with Crippen LogP contribution >= 0.6 is 0 Å². The van der Waals surface area contributed by atoms with Crippen LogP contribution in [0.1, 0.15) is 0 Å². The predicted molar refractivity (Wildman–Crippen MR) is 34.0 cm³/mol. The second-order valence-corrected chi connectivity index (χ2v) is 0. The van der Waals surface area contributed by atoms with Gasteiger partial charge in [0.15, 0.2) is 0 Å². The Bertz CT molecular complexity index is 7.64. The topological polar surface area (TPSA) is 0 Å². The van der Waals surface area contributed by atoms with Gasteiger partial charge in [-0.15, -0.1) is 0 Å². The molecule has 0 aromatic carbocycles. The Morgan fingerprint density at radius 1 is 0.250 bits per heavy atom. The fraction of sp³-hybridized carbons (Fsp3) is 0. The van der Waals surface area contributed by atoms with Crippen LogP contribution in [0.25, 0.3) is 0 Å². The molecule has 0 bridgehead atoms. The van der Waals surface area contributed by atoms with E-state index in [1.165, 1.54) is 0 Å². The maximum atomic E-state index is 0. The monoisotopic (exact) mass is 509 g/mol. The Labute approximate surface area is 136 Å². The van der Waals surface area contributed by atoms with Crippen molar-refractivity contribution >= 4 is 52.8 Å². The van der Waals surface area contributed by atoms with Gasteiger partial charge in [-0.25, -0.2) is 0 Å². The van der Waals surface area contributed by atoms with E-state index in [0.29, 0.717) is 0 Å². The van der Waals surface area contributed by atoms with E-state index in [1.54, 1.807) is 0 Å². The zero-order valence-corrected chi connectivity index (χ0v) is 7.79. The van der Waals surface area contributed by atoms with Gasteiger partial charge in [0, 0.05) is 85.3 Å². The molecular weight excluding hydrogens is 493 g/mol. The zero-order valence-electron chi connectivity index (χ0n) is 1.89.